The molecule has 1 aliphatic rings. The van der Waals surface area contributed by atoms with Crippen LogP contribution >= 0.6 is 11.3 Å². The Balaban J connectivity index is 1.80. The van der Waals surface area contributed by atoms with Crippen LogP contribution in [-0.4, -0.2) is 42.0 Å². The van der Waals surface area contributed by atoms with E-state index in [0.29, 0.717) is 13.0 Å². The first-order chi connectivity index (χ1) is 11.3. The van der Waals surface area contributed by atoms with Gasteiger partial charge in [-0.2, -0.15) is 0 Å². The summed E-state index contributed by atoms with van der Waals surface area (Å²) in [4.78, 5) is 28.2. The maximum atomic E-state index is 12.0. The minimum Gasteiger partial charge on any atom is -0.444 e. The molecule has 0 spiro atoms. The summed E-state index contributed by atoms with van der Waals surface area (Å²) in [6, 6.07) is 2.08. The van der Waals surface area contributed by atoms with Crippen molar-refractivity contribution >= 4 is 23.2 Å². The largest absolute Gasteiger partial charge is 0.444 e. The van der Waals surface area contributed by atoms with Crippen LogP contribution in [-0.2, 0) is 17.7 Å². The van der Waals surface area contributed by atoms with E-state index in [9.17, 15) is 9.59 Å². The predicted octanol–water partition coefficient (Wildman–Crippen LogP) is 3.61. The SMILES string of the molecule is CCCC(=O)c1cc2c(s1)CN(CCNC(=O)OC(C)(C)C)CC2. The molecule has 6 heteroatoms. The second-order valence-electron chi connectivity index (χ2n) is 7.19. The number of alkyl carbamates (subject to hydrolysis) is 1. The van der Waals surface area contributed by atoms with E-state index in [1.54, 1.807) is 11.3 Å². The van der Waals surface area contributed by atoms with Crippen LogP contribution in [0.2, 0.25) is 0 Å². The molecule has 1 aromatic rings. The van der Waals surface area contributed by atoms with Crippen molar-refractivity contribution in [3.8, 4) is 0 Å². The topological polar surface area (TPSA) is 58.6 Å². The Morgan fingerprint density at radius 2 is 2.12 bits per heavy atom. The minimum atomic E-state index is -0.470. The van der Waals surface area contributed by atoms with Gasteiger partial charge in [-0.25, -0.2) is 4.79 Å². The van der Waals surface area contributed by atoms with E-state index in [4.69, 9.17) is 4.74 Å². The molecule has 0 unspecified atom stereocenters. The van der Waals surface area contributed by atoms with Gasteiger partial charge in [0.1, 0.15) is 5.60 Å². The molecule has 134 valence electrons. The molecule has 2 heterocycles. The molecule has 5 nitrogen and oxygen atoms in total. The Kier molecular flexibility index (Phi) is 6.40. The fourth-order valence-electron chi connectivity index (χ4n) is 2.68. The number of thiophene rings is 1. The first-order valence-electron chi connectivity index (χ1n) is 8.62. The van der Waals surface area contributed by atoms with Gasteiger partial charge in [0.15, 0.2) is 5.78 Å². The summed E-state index contributed by atoms with van der Waals surface area (Å²) >= 11 is 1.63. The van der Waals surface area contributed by atoms with Gasteiger partial charge >= 0.3 is 6.09 Å². The van der Waals surface area contributed by atoms with E-state index in [-0.39, 0.29) is 11.9 Å². The summed E-state index contributed by atoms with van der Waals surface area (Å²) < 4.78 is 5.23. The number of nitrogens with one attached hydrogen (secondary N) is 1. The molecule has 0 aliphatic carbocycles. The van der Waals surface area contributed by atoms with E-state index >= 15 is 0 Å². The molecule has 1 aliphatic heterocycles. The highest BCUT2D eigenvalue weighted by molar-refractivity contribution is 7.14. The smallest absolute Gasteiger partial charge is 0.407 e. The first-order valence-corrected chi connectivity index (χ1v) is 9.44. The summed E-state index contributed by atoms with van der Waals surface area (Å²) in [6.07, 6.45) is 2.12. The molecule has 1 amide bonds. The van der Waals surface area contributed by atoms with Crippen molar-refractivity contribution in [2.75, 3.05) is 19.6 Å². The maximum absolute atomic E-state index is 12.0. The van der Waals surface area contributed by atoms with E-state index in [1.165, 1.54) is 10.4 Å². The number of amides is 1. The highest BCUT2D eigenvalue weighted by atomic mass is 32.1. The predicted molar refractivity (Wildman–Crippen MR) is 96.8 cm³/mol. The fraction of sp³-hybridized carbons (Fsp3) is 0.667. The molecule has 0 bridgehead atoms. The van der Waals surface area contributed by atoms with Crippen molar-refractivity contribution in [3.05, 3.63) is 21.4 Å². The maximum Gasteiger partial charge on any atom is 0.407 e. The number of carbonyl (C=O) groups excluding carboxylic acids is 2. The summed E-state index contributed by atoms with van der Waals surface area (Å²) in [5, 5.41) is 2.80. The second kappa shape index (κ2) is 8.12. The lowest BCUT2D eigenvalue weighted by molar-refractivity contribution is 0.0521. The number of ether oxygens (including phenoxy) is 1. The van der Waals surface area contributed by atoms with Gasteiger partial charge in [-0.05, 0) is 45.2 Å². The summed E-state index contributed by atoms with van der Waals surface area (Å²) in [6.45, 7) is 10.8. The lowest BCUT2D eigenvalue weighted by Gasteiger charge is -2.27. The molecule has 24 heavy (non-hydrogen) atoms. The van der Waals surface area contributed by atoms with Gasteiger partial charge in [-0.1, -0.05) is 6.92 Å². The van der Waals surface area contributed by atoms with Gasteiger partial charge in [-0.3, -0.25) is 9.69 Å². The number of rotatable bonds is 6. The zero-order valence-electron chi connectivity index (χ0n) is 15.1. The number of nitrogens with zero attached hydrogens (tertiary/aromatic N) is 1. The molecular weight excluding hydrogens is 324 g/mol. The minimum absolute atomic E-state index is 0.259. The number of hydrogen-bond donors (Lipinski definition) is 1. The van der Waals surface area contributed by atoms with Crippen LogP contribution in [0.25, 0.3) is 0 Å². The van der Waals surface area contributed by atoms with Crippen molar-refractivity contribution in [1.29, 1.82) is 0 Å². The second-order valence-corrected chi connectivity index (χ2v) is 8.32. The molecule has 0 saturated carbocycles. The number of carbonyl (C=O) groups is 2. The van der Waals surface area contributed by atoms with Crippen molar-refractivity contribution in [1.82, 2.24) is 10.2 Å². The monoisotopic (exact) mass is 352 g/mol. The van der Waals surface area contributed by atoms with Crippen molar-refractivity contribution in [2.45, 2.75) is 59.1 Å². The number of hydrogen-bond acceptors (Lipinski definition) is 5. The Labute approximate surface area is 148 Å². The lowest BCUT2D eigenvalue weighted by Crippen LogP contribution is -2.39. The number of ketones is 1. The molecule has 1 aromatic heterocycles. The Morgan fingerprint density at radius 1 is 1.38 bits per heavy atom. The third-order valence-corrected chi connectivity index (χ3v) is 5.01. The molecule has 0 aromatic carbocycles. The first kappa shape index (κ1) is 18.9. The van der Waals surface area contributed by atoms with Crippen molar-refractivity contribution in [2.24, 2.45) is 0 Å². The molecule has 0 fully saturated rings. The van der Waals surface area contributed by atoms with Crippen LogP contribution in [0.3, 0.4) is 0 Å². The van der Waals surface area contributed by atoms with Gasteiger partial charge in [-0.15, -0.1) is 11.3 Å². The highest BCUT2D eigenvalue weighted by Crippen LogP contribution is 2.29. The fourth-order valence-corrected chi connectivity index (χ4v) is 3.90. The number of Topliss-reactive ketones (excluding diaryl/α,β-unsaturated/α-hetero) is 1. The van der Waals surface area contributed by atoms with Crippen LogP contribution < -0.4 is 5.32 Å². The molecule has 0 radical (unpaired) electrons. The third kappa shape index (κ3) is 5.60. The Morgan fingerprint density at radius 3 is 2.79 bits per heavy atom. The van der Waals surface area contributed by atoms with E-state index in [2.05, 4.69) is 16.3 Å². The summed E-state index contributed by atoms with van der Waals surface area (Å²) in [7, 11) is 0. The van der Waals surface area contributed by atoms with E-state index < -0.39 is 5.60 Å². The van der Waals surface area contributed by atoms with Crippen LogP contribution in [0.5, 0.6) is 0 Å². The van der Waals surface area contributed by atoms with Gasteiger partial charge < -0.3 is 10.1 Å². The van der Waals surface area contributed by atoms with Gasteiger partial charge in [0.2, 0.25) is 0 Å². The van der Waals surface area contributed by atoms with Crippen LogP contribution in [0, 0.1) is 0 Å². The summed E-state index contributed by atoms with van der Waals surface area (Å²) in [5.41, 5.74) is 0.846. The third-order valence-electron chi connectivity index (χ3n) is 3.81. The molecule has 0 atom stereocenters. The quantitative estimate of drug-likeness (QED) is 0.795. The molecule has 0 saturated heterocycles. The van der Waals surface area contributed by atoms with E-state index in [1.807, 2.05) is 27.7 Å². The normalized spacial score (nSPS) is 15.0. The zero-order valence-corrected chi connectivity index (χ0v) is 15.9. The average molecular weight is 353 g/mol. The summed E-state index contributed by atoms with van der Waals surface area (Å²) in [5.74, 6) is 0.259. The number of fused-ring (bicyclic) bond motifs is 1. The van der Waals surface area contributed by atoms with Crippen LogP contribution in [0.15, 0.2) is 6.07 Å². The molecular formula is C18H28N2O3S. The average Bonchev–Trinajstić information content (AvgIpc) is 2.89. The highest BCUT2D eigenvalue weighted by Gasteiger charge is 2.21. The Hall–Kier alpha value is -1.40. The van der Waals surface area contributed by atoms with Gasteiger partial charge in [0, 0.05) is 37.5 Å². The molecule has 2 rings (SSSR count). The van der Waals surface area contributed by atoms with Gasteiger partial charge in [0.25, 0.3) is 0 Å². The lowest BCUT2D eigenvalue weighted by atomic mass is 10.1. The van der Waals surface area contributed by atoms with Crippen LogP contribution in [0.4, 0.5) is 4.79 Å². The molecule has 1 N–H and O–H groups in total. The van der Waals surface area contributed by atoms with Crippen LogP contribution in [0.1, 0.15) is 60.6 Å². The Bertz CT molecular complexity index is 590. The zero-order chi connectivity index (χ0) is 17.7. The standard InChI is InChI=1S/C18H28N2O3S/c1-5-6-14(21)15-11-13-7-9-20(12-16(13)24-15)10-8-19-17(22)23-18(2,3)4/h11H,5-10,12H2,1-4H3,(H,19,22). The van der Waals surface area contributed by atoms with Crippen molar-refractivity contribution in [3.63, 3.8) is 0 Å². The van der Waals surface area contributed by atoms with E-state index in [0.717, 1.165) is 37.4 Å². The van der Waals surface area contributed by atoms with Gasteiger partial charge in [0.05, 0.1) is 4.88 Å². The van der Waals surface area contributed by atoms with Crippen molar-refractivity contribution < 1.29 is 14.3 Å².